The van der Waals surface area contributed by atoms with Crippen molar-refractivity contribution in [2.75, 3.05) is 0 Å². The Morgan fingerprint density at radius 2 is 2.05 bits per heavy atom. The van der Waals surface area contributed by atoms with E-state index in [0.29, 0.717) is 0 Å². The van der Waals surface area contributed by atoms with Gasteiger partial charge in [0.2, 0.25) is 0 Å². The summed E-state index contributed by atoms with van der Waals surface area (Å²) in [5.41, 5.74) is 4.88. The Balaban J connectivity index is 2.20. The molecule has 3 nitrogen and oxygen atoms in total. The summed E-state index contributed by atoms with van der Waals surface area (Å²) in [6.45, 7) is 0. The molecule has 0 saturated heterocycles. The Labute approximate surface area is 120 Å². The second-order valence-electron chi connectivity index (χ2n) is 4.15. The molecule has 2 heterocycles. The number of nitrogens with two attached hydrogens (primary N) is 1. The number of pyridine rings is 1. The van der Waals surface area contributed by atoms with Gasteiger partial charge >= 0.3 is 0 Å². The number of halogens is 1. The Morgan fingerprint density at radius 1 is 1.21 bits per heavy atom. The van der Waals surface area contributed by atoms with Crippen molar-refractivity contribution in [3.05, 3.63) is 63.4 Å². The molecule has 5 heteroatoms. The van der Waals surface area contributed by atoms with E-state index in [1.165, 1.54) is 0 Å². The maximum atomic E-state index is 6.21. The molecule has 96 valence electrons. The highest BCUT2D eigenvalue weighted by Gasteiger charge is 2.19. The van der Waals surface area contributed by atoms with Gasteiger partial charge in [-0.2, -0.15) is 0 Å². The molecule has 0 saturated carbocycles. The number of nitrogens with one attached hydrogen (secondary N) is 1. The molecule has 0 fully saturated rings. The first kappa shape index (κ1) is 12.6. The lowest BCUT2D eigenvalue weighted by Crippen LogP contribution is -2.28. The van der Waals surface area contributed by atoms with Gasteiger partial charge in [0.25, 0.3) is 0 Å². The van der Waals surface area contributed by atoms with E-state index in [0.717, 1.165) is 26.4 Å². The van der Waals surface area contributed by atoms with Crippen LogP contribution in [-0.4, -0.2) is 4.98 Å². The van der Waals surface area contributed by atoms with Gasteiger partial charge in [0, 0.05) is 16.5 Å². The van der Waals surface area contributed by atoms with Crippen molar-refractivity contribution in [2.24, 2.45) is 5.84 Å². The zero-order chi connectivity index (χ0) is 13.2. The third-order valence-corrected chi connectivity index (χ3v) is 4.49. The van der Waals surface area contributed by atoms with E-state index in [1.54, 1.807) is 17.5 Å². The predicted molar refractivity (Wildman–Crippen MR) is 80.2 cm³/mol. The minimum absolute atomic E-state index is 0.125. The molecule has 0 aliphatic heterocycles. The maximum Gasteiger partial charge on any atom is 0.0824 e. The van der Waals surface area contributed by atoms with Crippen LogP contribution in [0.4, 0.5) is 0 Å². The largest absolute Gasteiger partial charge is 0.271 e. The fourth-order valence-corrected chi connectivity index (χ4v) is 3.43. The molecule has 0 amide bonds. The summed E-state index contributed by atoms with van der Waals surface area (Å²) in [5.74, 6) is 5.73. The van der Waals surface area contributed by atoms with E-state index in [4.69, 9.17) is 17.4 Å². The van der Waals surface area contributed by atoms with Crippen LogP contribution in [0.2, 0.25) is 5.02 Å². The lowest BCUT2D eigenvalue weighted by atomic mass is 10.0. The van der Waals surface area contributed by atoms with Crippen LogP contribution < -0.4 is 11.3 Å². The molecule has 2 aromatic heterocycles. The van der Waals surface area contributed by atoms with Crippen LogP contribution in [0.3, 0.4) is 0 Å². The van der Waals surface area contributed by atoms with E-state index in [-0.39, 0.29) is 6.04 Å². The molecule has 0 aliphatic carbocycles. The quantitative estimate of drug-likeness (QED) is 0.573. The molecule has 3 N–H and O–H groups in total. The van der Waals surface area contributed by atoms with Crippen molar-refractivity contribution in [3.8, 4) is 0 Å². The molecule has 0 radical (unpaired) electrons. The Morgan fingerprint density at radius 3 is 2.79 bits per heavy atom. The third-order valence-electron chi connectivity index (χ3n) is 3.07. The number of rotatable bonds is 3. The zero-order valence-electron chi connectivity index (χ0n) is 10.0. The van der Waals surface area contributed by atoms with Crippen molar-refractivity contribution in [1.82, 2.24) is 10.4 Å². The first-order valence-corrected chi connectivity index (χ1v) is 7.09. The van der Waals surface area contributed by atoms with E-state index in [1.807, 2.05) is 41.8 Å². The van der Waals surface area contributed by atoms with E-state index in [2.05, 4.69) is 10.4 Å². The zero-order valence-corrected chi connectivity index (χ0v) is 11.6. The Hall–Kier alpha value is -1.46. The van der Waals surface area contributed by atoms with Gasteiger partial charge in [0.1, 0.15) is 0 Å². The van der Waals surface area contributed by atoms with Gasteiger partial charge in [-0.15, -0.1) is 11.3 Å². The standard InChI is InChI=1S/C14H12ClN3S/c15-11-6-8-19-14(11)13(18-16)10-5-7-17-12-4-2-1-3-9(10)12/h1-8,13,18H,16H2. The summed E-state index contributed by atoms with van der Waals surface area (Å²) >= 11 is 7.80. The lowest BCUT2D eigenvalue weighted by molar-refractivity contribution is 0.650. The fourth-order valence-electron chi connectivity index (χ4n) is 2.19. The molecule has 1 aromatic carbocycles. The molecule has 0 spiro atoms. The predicted octanol–water partition coefficient (Wildman–Crippen LogP) is 3.50. The van der Waals surface area contributed by atoms with E-state index in [9.17, 15) is 0 Å². The van der Waals surface area contributed by atoms with Crippen LogP contribution >= 0.6 is 22.9 Å². The fraction of sp³-hybridized carbons (Fsp3) is 0.0714. The highest BCUT2D eigenvalue weighted by Crippen LogP contribution is 2.34. The average Bonchev–Trinajstić information content (AvgIpc) is 2.86. The van der Waals surface area contributed by atoms with Gasteiger partial charge in [-0.1, -0.05) is 29.8 Å². The van der Waals surface area contributed by atoms with E-state index >= 15 is 0 Å². The normalized spacial score (nSPS) is 12.7. The highest BCUT2D eigenvalue weighted by molar-refractivity contribution is 7.10. The number of hydrazine groups is 1. The molecule has 0 bridgehead atoms. The number of fused-ring (bicyclic) bond motifs is 1. The molecule has 1 atom stereocenters. The smallest absolute Gasteiger partial charge is 0.0824 e. The van der Waals surface area contributed by atoms with Crippen molar-refractivity contribution < 1.29 is 0 Å². The monoisotopic (exact) mass is 289 g/mol. The van der Waals surface area contributed by atoms with Crippen molar-refractivity contribution in [3.63, 3.8) is 0 Å². The number of hydrogen-bond donors (Lipinski definition) is 2. The summed E-state index contributed by atoms with van der Waals surface area (Å²) in [6.07, 6.45) is 1.80. The molecule has 3 aromatic rings. The van der Waals surface area contributed by atoms with Crippen molar-refractivity contribution >= 4 is 33.8 Å². The van der Waals surface area contributed by atoms with E-state index < -0.39 is 0 Å². The summed E-state index contributed by atoms with van der Waals surface area (Å²) in [6, 6.07) is 11.7. The molecule has 1 unspecified atom stereocenters. The van der Waals surface area contributed by atoms with Gasteiger partial charge < -0.3 is 0 Å². The van der Waals surface area contributed by atoms with Crippen molar-refractivity contribution in [1.29, 1.82) is 0 Å². The third kappa shape index (κ3) is 2.24. The minimum Gasteiger partial charge on any atom is -0.271 e. The van der Waals surface area contributed by atoms with Gasteiger partial charge in [-0.25, -0.2) is 5.43 Å². The molecule has 0 aliphatic rings. The number of para-hydroxylation sites is 1. The first-order chi connectivity index (χ1) is 9.31. The maximum absolute atomic E-state index is 6.21. The van der Waals surface area contributed by atoms with Gasteiger partial charge in [-0.3, -0.25) is 10.8 Å². The van der Waals surface area contributed by atoms with Crippen LogP contribution in [0.25, 0.3) is 10.9 Å². The molecular formula is C14H12ClN3S. The Kier molecular flexibility index (Phi) is 3.48. The van der Waals surface area contributed by atoms with Gasteiger partial charge in [0.15, 0.2) is 0 Å². The number of hydrogen-bond acceptors (Lipinski definition) is 4. The number of benzene rings is 1. The first-order valence-electron chi connectivity index (χ1n) is 5.84. The van der Waals surface area contributed by atoms with Crippen LogP contribution in [0.15, 0.2) is 48.0 Å². The summed E-state index contributed by atoms with van der Waals surface area (Å²) in [4.78, 5) is 5.38. The average molecular weight is 290 g/mol. The Bertz CT molecular complexity index is 705. The topological polar surface area (TPSA) is 50.9 Å². The second kappa shape index (κ2) is 5.27. The van der Waals surface area contributed by atoms with Crippen LogP contribution in [0.5, 0.6) is 0 Å². The summed E-state index contributed by atoms with van der Waals surface area (Å²) < 4.78 is 0. The molecule has 19 heavy (non-hydrogen) atoms. The van der Waals surface area contributed by atoms with Crippen molar-refractivity contribution in [2.45, 2.75) is 6.04 Å². The van der Waals surface area contributed by atoms with Crippen LogP contribution in [0.1, 0.15) is 16.5 Å². The summed E-state index contributed by atoms with van der Waals surface area (Å²) in [7, 11) is 0. The number of thiophene rings is 1. The highest BCUT2D eigenvalue weighted by atomic mass is 35.5. The number of aromatic nitrogens is 1. The van der Waals surface area contributed by atoms with Crippen LogP contribution in [-0.2, 0) is 0 Å². The van der Waals surface area contributed by atoms with Gasteiger partial charge in [-0.05, 0) is 29.1 Å². The minimum atomic E-state index is -0.125. The van der Waals surface area contributed by atoms with Crippen LogP contribution in [0, 0.1) is 0 Å². The second-order valence-corrected chi connectivity index (χ2v) is 5.50. The van der Waals surface area contributed by atoms with Gasteiger partial charge in [0.05, 0.1) is 16.6 Å². The molecular weight excluding hydrogens is 278 g/mol. The summed E-state index contributed by atoms with van der Waals surface area (Å²) in [5, 5.41) is 3.78. The lowest BCUT2D eigenvalue weighted by Gasteiger charge is -2.17. The SMILES string of the molecule is NNC(c1sccc1Cl)c1ccnc2ccccc12. The molecule has 3 rings (SSSR count). The number of nitrogens with zero attached hydrogens (tertiary/aromatic N) is 1.